The second kappa shape index (κ2) is 10.1. The highest BCUT2D eigenvalue weighted by atomic mass is 32.1. The molecule has 0 spiro atoms. The summed E-state index contributed by atoms with van der Waals surface area (Å²) in [5.41, 5.74) is -0.0591. The van der Waals surface area contributed by atoms with Gasteiger partial charge in [0, 0.05) is 17.2 Å². The summed E-state index contributed by atoms with van der Waals surface area (Å²) < 4.78 is 74.0. The molecule has 0 saturated heterocycles. The van der Waals surface area contributed by atoms with Crippen molar-refractivity contribution < 1.29 is 36.6 Å². The minimum absolute atomic E-state index is 0.0939. The number of carbonyl (C=O) groups is 1. The Morgan fingerprint density at radius 3 is 2.52 bits per heavy atom. The summed E-state index contributed by atoms with van der Waals surface area (Å²) in [5.74, 6) is -7.77. The monoisotopic (exact) mass is 598 g/mol. The van der Waals surface area contributed by atoms with Gasteiger partial charge in [0.25, 0.3) is 5.56 Å². The first kappa shape index (κ1) is 27.7. The van der Waals surface area contributed by atoms with Gasteiger partial charge in [-0.1, -0.05) is 35.6 Å². The highest BCUT2D eigenvalue weighted by molar-refractivity contribution is 7.07. The number of rotatable bonds is 6. The number of ketones is 1. The summed E-state index contributed by atoms with van der Waals surface area (Å²) in [4.78, 5) is 31.7. The van der Waals surface area contributed by atoms with E-state index in [1.54, 1.807) is 43.3 Å². The lowest BCUT2D eigenvalue weighted by molar-refractivity contribution is -0.132. The van der Waals surface area contributed by atoms with Crippen LogP contribution in [0.3, 0.4) is 0 Å². The van der Waals surface area contributed by atoms with Crippen molar-refractivity contribution in [2.45, 2.75) is 32.2 Å². The zero-order valence-corrected chi connectivity index (χ0v) is 23.2. The van der Waals surface area contributed by atoms with Crippen LogP contribution in [0.15, 0.2) is 58.3 Å². The molecule has 216 valence electrons. The predicted molar refractivity (Wildman–Crippen MR) is 144 cm³/mol. The molecule has 0 radical (unpaired) electrons. The zero-order chi connectivity index (χ0) is 29.9. The molecule has 0 unspecified atom stereocenters. The van der Waals surface area contributed by atoms with Crippen molar-refractivity contribution in [1.29, 1.82) is 0 Å². The zero-order valence-electron chi connectivity index (χ0n) is 22.4. The van der Waals surface area contributed by atoms with Crippen LogP contribution in [-0.4, -0.2) is 23.2 Å². The molecule has 3 heterocycles. The quantitative estimate of drug-likeness (QED) is 0.243. The minimum Gasteiger partial charge on any atom is -0.496 e. The topological polar surface area (TPSA) is 79.1 Å². The van der Waals surface area contributed by atoms with Gasteiger partial charge in [0.15, 0.2) is 22.2 Å². The average molecular weight is 599 g/mol. The van der Waals surface area contributed by atoms with E-state index in [9.17, 15) is 27.2 Å². The summed E-state index contributed by atoms with van der Waals surface area (Å²) in [6, 6.07) is 11.5. The first-order valence-corrected chi connectivity index (χ1v) is 13.6. The van der Waals surface area contributed by atoms with E-state index in [1.807, 2.05) is 12.1 Å². The number of nitrogens with zero attached hydrogens (tertiary/aromatic N) is 2. The van der Waals surface area contributed by atoms with Crippen LogP contribution in [0, 0.1) is 29.2 Å². The van der Waals surface area contributed by atoms with E-state index in [1.165, 1.54) is 18.6 Å². The fraction of sp³-hybridized carbons (Fsp3) is 0.233. The molecule has 0 aliphatic carbocycles. The number of para-hydroxylation sites is 1. The fourth-order valence-corrected chi connectivity index (χ4v) is 6.64. The van der Waals surface area contributed by atoms with Crippen molar-refractivity contribution in [2.75, 3.05) is 7.11 Å². The van der Waals surface area contributed by atoms with Crippen molar-refractivity contribution in [2.24, 2.45) is 10.9 Å². The molecule has 2 aliphatic rings. The van der Waals surface area contributed by atoms with E-state index in [4.69, 9.17) is 19.2 Å². The van der Waals surface area contributed by atoms with Crippen LogP contribution >= 0.6 is 11.3 Å². The number of hydrogen-bond acceptors (Lipinski definition) is 7. The van der Waals surface area contributed by atoms with E-state index >= 15 is 0 Å². The molecular weight excluding hydrogens is 576 g/mol. The lowest BCUT2D eigenvalue weighted by atomic mass is 9.79. The number of methoxy groups -OCH3 is 1. The number of hydrogen-bond donors (Lipinski definition) is 0. The van der Waals surface area contributed by atoms with Crippen molar-refractivity contribution in [3.8, 4) is 17.2 Å². The standard InChI is InChI=1S/C30H22F4N2O5S/c1-14(37)23-26-17-6-4-5-7-21(17)41-30(23,2)35-29-36(26)28(38)22(42-29)11-15-8-9-20(39-3)16(10-15)13-40-27-24(33)18(31)12-19(32)25(27)34/h4-12,23,26H,13H2,1-3H3/b22-11+/t23-,26+,30+/m1/s1. The fourth-order valence-electron chi connectivity index (χ4n) is 5.54. The second-order valence-electron chi connectivity index (χ2n) is 10.1. The van der Waals surface area contributed by atoms with E-state index < -0.39 is 53.3 Å². The van der Waals surface area contributed by atoms with Crippen LogP contribution < -0.4 is 29.1 Å². The molecule has 4 aromatic rings. The summed E-state index contributed by atoms with van der Waals surface area (Å²) in [6.07, 6.45) is 1.60. The SMILES string of the molecule is COc1ccc(/C=c2/sc3n(c2=O)[C@H]2c4ccccc4O[C@](C)(N=3)[C@@H]2C(C)=O)cc1COc1c(F)c(F)cc(F)c1F. The van der Waals surface area contributed by atoms with Crippen LogP contribution in [0.4, 0.5) is 17.6 Å². The van der Waals surface area contributed by atoms with Crippen LogP contribution in [0.2, 0.25) is 0 Å². The highest BCUT2D eigenvalue weighted by Gasteiger charge is 2.53. The molecule has 7 nitrogen and oxygen atoms in total. The Kier molecular flexibility index (Phi) is 6.68. The number of aromatic nitrogens is 1. The molecule has 0 saturated carbocycles. The Labute approximate surface area is 239 Å². The van der Waals surface area contributed by atoms with E-state index in [-0.39, 0.29) is 23.2 Å². The Hall–Kier alpha value is -4.45. The van der Waals surface area contributed by atoms with Gasteiger partial charge < -0.3 is 14.2 Å². The largest absolute Gasteiger partial charge is 0.496 e. The number of ether oxygens (including phenoxy) is 3. The van der Waals surface area contributed by atoms with Gasteiger partial charge in [-0.3, -0.25) is 14.2 Å². The summed E-state index contributed by atoms with van der Waals surface area (Å²) in [6.45, 7) is 2.69. The highest BCUT2D eigenvalue weighted by Crippen LogP contribution is 2.47. The molecule has 0 amide bonds. The number of thiazole rings is 1. The Bertz CT molecular complexity index is 1930. The molecule has 0 N–H and O–H groups in total. The Balaban J connectivity index is 1.43. The van der Waals surface area contributed by atoms with Crippen molar-refractivity contribution in [1.82, 2.24) is 4.57 Å². The first-order chi connectivity index (χ1) is 20.0. The minimum atomic E-state index is -1.66. The first-order valence-electron chi connectivity index (χ1n) is 12.8. The lowest BCUT2D eigenvalue weighted by Gasteiger charge is -2.45. The van der Waals surface area contributed by atoms with Crippen molar-refractivity contribution in [3.05, 3.63) is 108 Å². The third-order valence-corrected chi connectivity index (χ3v) is 8.35. The number of benzene rings is 3. The normalized spacial score (nSPS) is 20.7. The molecular formula is C30H22F4N2O5S. The molecule has 3 atom stereocenters. The van der Waals surface area contributed by atoms with E-state index in [0.717, 1.165) is 11.3 Å². The summed E-state index contributed by atoms with van der Waals surface area (Å²) >= 11 is 1.13. The van der Waals surface area contributed by atoms with Crippen LogP contribution in [0.1, 0.15) is 36.6 Å². The van der Waals surface area contributed by atoms with Crippen LogP contribution in [0.5, 0.6) is 17.2 Å². The van der Waals surface area contributed by atoms with Gasteiger partial charge in [-0.2, -0.15) is 8.78 Å². The maximum atomic E-state index is 14.1. The second-order valence-corrected chi connectivity index (χ2v) is 11.1. The molecule has 2 bridgehead atoms. The smallest absolute Gasteiger partial charge is 0.270 e. The number of halogens is 4. The maximum Gasteiger partial charge on any atom is 0.270 e. The van der Waals surface area contributed by atoms with Crippen LogP contribution in [-0.2, 0) is 11.4 Å². The van der Waals surface area contributed by atoms with E-state index in [0.29, 0.717) is 31.8 Å². The van der Waals surface area contributed by atoms with Crippen molar-refractivity contribution >= 4 is 23.2 Å². The number of Topliss-reactive ketones (excluding diaryl/α,β-unsaturated/α-hetero) is 1. The van der Waals surface area contributed by atoms with Gasteiger partial charge in [-0.15, -0.1) is 0 Å². The molecule has 12 heteroatoms. The molecule has 0 fully saturated rings. The molecule has 1 aromatic heterocycles. The molecule has 42 heavy (non-hydrogen) atoms. The molecule has 6 rings (SSSR count). The maximum absolute atomic E-state index is 14.1. The molecule has 2 aliphatic heterocycles. The molecule has 3 aromatic carbocycles. The van der Waals surface area contributed by atoms with E-state index in [2.05, 4.69) is 0 Å². The van der Waals surface area contributed by atoms with Gasteiger partial charge >= 0.3 is 0 Å². The predicted octanol–water partition coefficient (Wildman–Crippen LogP) is 4.42. The van der Waals surface area contributed by atoms with Crippen LogP contribution in [0.25, 0.3) is 6.08 Å². The Morgan fingerprint density at radius 1 is 1.12 bits per heavy atom. The lowest BCUT2D eigenvalue weighted by Crippen LogP contribution is -2.58. The van der Waals surface area contributed by atoms with Crippen molar-refractivity contribution in [3.63, 3.8) is 0 Å². The van der Waals surface area contributed by atoms with Gasteiger partial charge in [0.1, 0.15) is 29.8 Å². The number of carbonyl (C=O) groups excluding carboxylic acids is 1. The van der Waals surface area contributed by atoms with Gasteiger partial charge in [0.05, 0.1) is 17.7 Å². The van der Waals surface area contributed by atoms with Gasteiger partial charge in [-0.25, -0.2) is 13.8 Å². The van der Waals surface area contributed by atoms with Gasteiger partial charge in [0.2, 0.25) is 17.4 Å². The third kappa shape index (κ3) is 4.37. The third-order valence-electron chi connectivity index (χ3n) is 7.36. The number of fused-ring (bicyclic) bond motifs is 6. The average Bonchev–Trinajstić information content (AvgIpc) is 3.24. The summed E-state index contributed by atoms with van der Waals surface area (Å²) in [7, 11) is 1.37. The summed E-state index contributed by atoms with van der Waals surface area (Å²) in [5, 5.41) is 0. The Morgan fingerprint density at radius 2 is 1.83 bits per heavy atom. The van der Waals surface area contributed by atoms with Gasteiger partial charge in [-0.05, 0) is 43.7 Å².